The van der Waals surface area contributed by atoms with Crippen LogP contribution in [0.5, 0.6) is 0 Å². The molecule has 0 radical (unpaired) electrons. The number of ether oxygens (including phenoxy) is 3. The molecule has 0 saturated carbocycles. The fraction of sp³-hybridized carbons (Fsp3) is 0.194. The van der Waals surface area contributed by atoms with E-state index in [2.05, 4.69) is 0 Å². The van der Waals surface area contributed by atoms with Crippen LogP contribution in [0.4, 0.5) is 0 Å². The molecule has 0 aliphatic carbocycles. The summed E-state index contributed by atoms with van der Waals surface area (Å²) in [6.07, 6.45) is 0. The molecule has 6 heteroatoms. The van der Waals surface area contributed by atoms with Gasteiger partial charge in [0, 0.05) is 0 Å². The highest BCUT2D eigenvalue weighted by molar-refractivity contribution is 6.24. The number of hydrogen-bond donors (Lipinski definition) is 0. The van der Waals surface area contributed by atoms with Gasteiger partial charge < -0.3 is 14.2 Å². The Morgan fingerprint density at radius 2 is 1.02 bits per heavy atom. The first kappa shape index (κ1) is 28.6. The molecule has 0 aromatic heterocycles. The van der Waals surface area contributed by atoms with Gasteiger partial charge in [0.1, 0.15) is 0 Å². The number of aryl methyl sites for hydroxylation is 1. The van der Waals surface area contributed by atoms with Crippen molar-refractivity contribution >= 4 is 39.5 Å². The zero-order valence-corrected chi connectivity index (χ0v) is 24.2. The highest BCUT2D eigenvalue weighted by Crippen LogP contribution is 2.46. The van der Waals surface area contributed by atoms with Crippen molar-refractivity contribution in [1.82, 2.24) is 0 Å². The maximum Gasteiger partial charge on any atom is 0.338 e. The zero-order valence-electron chi connectivity index (χ0n) is 24.2. The van der Waals surface area contributed by atoms with Gasteiger partial charge in [-0.25, -0.2) is 14.4 Å². The molecular weight excluding hydrogens is 528 g/mol. The van der Waals surface area contributed by atoms with Gasteiger partial charge in [0.05, 0.1) is 36.5 Å². The van der Waals surface area contributed by atoms with Gasteiger partial charge in [-0.2, -0.15) is 0 Å². The Hall–Kier alpha value is -4.97. The van der Waals surface area contributed by atoms with Crippen molar-refractivity contribution in [3.8, 4) is 22.3 Å². The summed E-state index contributed by atoms with van der Waals surface area (Å²) < 4.78 is 15.9. The van der Waals surface area contributed by atoms with Crippen LogP contribution in [0.2, 0.25) is 0 Å². The predicted octanol–water partition coefficient (Wildman–Crippen LogP) is 8.17. The van der Waals surface area contributed by atoms with E-state index in [-0.39, 0.29) is 19.8 Å². The second kappa shape index (κ2) is 12.3. The van der Waals surface area contributed by atoms with Crippen molar-refractivity contribution in [1.29, 1.82) is 0 Å². The van der Waals surface area contributed by atoms with E-state index in [1.54, 1.807) is 39.0 Å². The minimum absolute atomic E-state index is 0.266. The maximum atomic E-state index is 12.9. The molecule has 42 heavy (non-hydrogen) atoms. The van der Waals surface area contributed by atoms with Crippen molar-refractivity contribution in [3.05, 3.63) is 107 Å². The van der Waals surface area contributed by atoms with Crippen molar-refractivity contribution in [2.75, 3.05) is 19.8 Å². The first-order valence-corrected chi connectivity index (χ1v) is 14.1. The molecule has 212 valence electrons. The van der Waals surface area contributed by atoms with E-state index >= 15 is 0 Å². The van der Waals surface area contributed by atoms with Gasteiger partial charge in [-0.15, -0.1) is 0 Å². The second-order valence-corrected chi connectivity index (χ2v) is 9.83. The van der Waals surface area contributed by atoms with E-state index < -0.39 is 17.9 Å². The zero-order chi connectivity index (χ0) is 29.8. The van der Waals surface area contributed by atoms with Crippen LogP contribution >= 0.6 is 0 Å². The van der Waals surface area contributed by atoms with Crippen molar-refractivity contribution in [3.63, 3.8) is 0 Å². The largest absolute Gasteiger partial charge is 0.462 e. The third kappa shape index (κ3) is 5.36. The van der Waals surface area contributed by atoms with E-state index in [1.807, 2.05) is 73.7 Å². The Labute approximate surface area is 244 Å². The van der Waals surface area contributed by atoms with E-state index in [9.17, 15) is 14.4 Å². The van der Waals surface area contributed by atoms with Crippen LogP contribution in [-0.2, 0) is 14.2 Å². The van der Waals surface area contributed by atoms with E-state index in [4.69, 9.17) is 14.2 Å². The van der Waals surface area contributed by atoms with Crippen molar-refractivity contribution in [2.24, 2.45) is 0 Å². The molecule has 0 fully saturated rings. The summed E-state index contributed by atoms with van der Waals surface area (Å²) in [7, 11) is 0. The van der Waals surface area contributed by atoms with Crippen molar-refractivity contribution in [2.45, 2.75) is 27.7 Å². The Morgan fingerprint density at radius 3 is 1.64 bits per heavy atom. The lowest BCUT2D eigenvalue weighted by molar-refractivity contribution is 0.0517. The van der Waals surface area contributed by atoms with E-state index in [0.717, 1.165) is 49.4 Å². The molecule has 0 aliphatic heterocycles. The van der Waals surface area contributed by atoms with Gasteiger partial charge in [0.25, 0.3) is 0 Å². The third-order valence-corrected chi connectivity index (χ3v) is 7.18. The van der Waals surface area contributed by atoms with Gasteiger partial charge in [0.15, 0.2) is 0 Å². The smallest absolute Gasteiger partial charge is 0.338 e. The summed E-state index contributed by atoms with van der Waals surface area (Å²) in [5.74, 6) is -1.19. The quantitative estimate of drug-likeness (QED) is 0.108. The van der Waals surface area contributed by atoms with Gasteiger partial charge in [-0.1, -0.05) is 48.5 Å². The molecule has 0 unspecified atom stereocenters. The Kier molecular flexibility index (Phi) is 8.34. The Bertz CT molecular complexity index is 1800. The number of carbonyl (C=O) groups is 3. The predicted molar refractivity (Wildman–Crippen MR) is 165 cm³/mol. The van der Waals surface area contributed by atoms with Crippen LogP contribution in [0.15, 0.2) is 84.9 Å². The van der Waals surface area contributed by atoms with Crippen LogP contribution in [-0.4, -0.2) is 37.7 Å². The molecule has 5 rings (SSSR count). The molecule has 0 heterocycles. The minimum Gasteiger partial charge on any atom is -0.462 e. The molecule has 0 aliphatic rings. The lowest BCUT2D eigenvalue weighted by atomic mass is 9.82. The molecule has 6 nitrogen and oxygen atoms in total. The van der Waals surface area contributed by atoms with Gasteiger partial charge in [-0.05, 0) is 113 Å². The van der Waals surface area contributed by atoms with Gasteiger partial charge in [-0.3, -0.25) is 0 Å². The number of benzene rings is 5. The first-order chi connectivity index (χ1) is 20.4. The third-order valence-electron chi connectivity index (χ3n) is 7.18. The Balaban J connectivity index is 1.94. The monoisotopic (exact) mass is 560 g/mol. The topological polar surface area (TPSA) is 78.9 Å². The molecule has 0 N–H and O–H groups in total. The summed E-state index contributed by atoms with van der Waals surface area (Å²) in [4.78, 5) is 38.2. The average Bonchev–Trinajstić information content (AvgIpc) is 3.00. The number of hydrogen-bond acceptors (Lipinski definition) is 6. The second-order valence-electron chi connectivity index (χ2n) is 9.83. The average molecular weight is 561 g/mol. The fourth-order valence-corrected chi connectivity index (χ4v) is 5.45. The minimum atomic E-state index is -0.398. The van der Waals surface area contributed by atoms with E-state index in [0.29, 0.717) is 16.7 Å². The van der Waals surface area contributed by atoms with Crippen LogP contribution in [0.3, 0.4) is 0 Å². The first-order valence-electron chi connectivity index (χ1n) is 14.1. The van der Waals surface area contributed by atoms with Crippen molar-refractivity contribution < 1.29 is 28.6 Å². The normalized spacial score (nSPS) is 11.0. The highest BCUT2D eigenvalue weighted by Gasteiger charge is 2.22. The maximum absolute atomic E-state index is 12.9. The van der Waals surface area contributed by atoms with Crippen LogP contribution in [0.25, 0.3) is 43.8 Å². The summed E-state index contributed by atoms with van der Waals surface area (Å²) >= 11 is 0. The van der Waals surface area contributed by atoms with E-state index in [1.165, 1.54) is 0 Å². The molecule has 0 atom stereocenters. The SMILES string of the molecule is CCOC(=O)c1ccc(-c2c(-c3ccccc3)c3cc(C(=O)OCC)ccc3c3c(C)cc(C(=O)OCC)cc23)cc1. The summed E-state index contributed by atoms with van der Waals surface area (Å²) in [5, 5.41) is 3.63. The number of carbonyl (C=O) groups excluding carboxylic acids is 3. The number of fused-ring (bicyclic) bond motifs is 3. The molecule has 0 spiro atoms. The van der Waals surface area contributed by atoms with Crippen LogP contribution in [0.1, 0.15) is 57.4 Å². The summed E-state index contributed by atoms with van der Waals surface area (Å²) in [6, 6.07) is 26.5. The molecule has 0 bridgehead atoms. The summed E-state index contributed by atoms with van der Waals surface area (Å²) in [5.41, 5.74) is 5.79. The molecule has 5 aromatic carbocycles. The lowest BCUT2D eigenvalue weighted by Gasteiger charge is -2.21. The van der Waals surface area contributed by atoms with Gasteiger partial charge in [0.2, 0.25) is 0 Å². The lowest BCUT2D eigenvalue weighted by Crippen LogP contribution is -2.06. The van der Waals surface area contributed by atoms with Gasteiger partial charge >= 0.3 is 17.9 Å². The molecule has 0 amide bonds. The van der Waals surface area contributed by atoms with Crippen LogP contribution < -0.4 is 0 Å². The summed E-state index contributed by atoms with van der Waals surface area (Å²) in [6.45, 7) is 8.13. The fourth-order valence-electron chi connectivity index (χ4n) is 5.45. The highest BCUT2D eigenvalue weighted by atomic mass is 16.5. The Morgan fingerprint density at radius 1 is 0.524 bits per heavy atom. The number of rotatable bonds is 8. The molecular formula is C36H32O6. The van der Waals surface area contributed by atoms with Crippen LogP contribution in [0, 0.1) is 6.92 Å². The number of esters is 3. The molecule has 5 aromatic rings. The standard InChI is InChI=1S/C36H32O6/c1-5-40-34(37)25-15-13-24(14-16-25)33-30-21-27(36(39)42-7-3)19-22(4)31(30)28-18-17-26(35(38)41-6-2)20-29(28)32(33)23-11-9-8-10-12-23/h8-21H,5-7H2,1-4H3. The molecule has 0 saturated heterocycles.